The van der Waals surface area contributed by atoms with Crippen LogP contribution < -0.4 is 10.1 Å². The molecule has 6 nitrogen and oxygen atoms in total. The molecule has 0 aliphatic carbocycles. The van der Waals surface area contributed by atoms with Crippen LogP contribution in [0.5, 0.6) is 5.75 Å². The highest BCUT2D eigenvalue weighted by molar-refractivity contribution is 6.30. The molecule has 7 heteroatoms. The van der Waals surface area contributed by atoms with Gasteiger partial charge < -0.3 is 19.5 Å². The molecule has 0 radical (unpaired) electrons. The van der Waals surface area contributed by atoms with Crippen LogP contribution in [0, 0.1) is 5.92 Å². The van der Waals surface area contributed by atoms with Gasteiger partial charge in [-0.15, -0.1) is 0 Å². The predicted molar refractivity (Wildman–Crippen MR) is 156 cm³/mol. The van der Waals surface area contributed by atoms with E-state index < -0.39 is 0 Å². The number of benzene rings is 3. The van der Waals surface area contributed by atoms with Gasteiger partial charge in [0.2, 0.25) is 0 Å². The number of halogens is 1. The summed E-state index contributed by atoms with van der Waals surface area (Å²) in [6.45, 7) is 3.96. The summed E-state index contributed by atoms with van der Waals surface area (Å²) in [5, 5.41) is 4.55. The number of nitrogens with zero attached hydrogens (tertiary/aromatic N) is 2. The highest BCUT2D eigenvalue weighted by Gasteiger charge is 2.25. The second kappa shape index (κ2) is 12.5. The number of aryl methyl sites for hydroxylation is 1. The Morgan fingerprint density at radius 3 is 2.49 bits per heavy atom. The Balaban J connectivity index is 1.21. The van der Waals surface area contributed by atoms with Gasteiger partial charge in [-0.1, -0.05) is 66.2 Å². The molecule has 1 aromatic heterocycles. The third-order valence-electron chi connectivity index (χ3n) is 7.56. The van der Waals surface area contributed by atoms with Gasteiger partial charge in [0.25, 0.3) is 5.91 Å². The first-order chi connectivity index (χ1) is 19.0. The van der Waals surface area contributed by atoms with E-state index in [1.165, 1.54) is 0 Å². The average molecular weight is 544 g/mol. The van der Waals surface area contributed by atoms with E-state index in [9.17, 15) is 9.59 Å². The molecule has 1 fully saturated rings. The zero-order chi connectivity index (χ0) is 27.2. The van der Waals surface area contributed by atoms with Crippen LogP contribution in [-0.2, 0) is 13.1 Å². The van der Waals surface area contributed by atoms with Crippen LogP contribution in [0.1, 0.15) is 45.5 Å². The molecule has 0 spiro atoms. The van der Waals surface area contributed by atoms with Crippen molar-refractivity contribution in [2.24, 2.45) is 5.92 Å². The fourth-order valence-electron chi connectivity index (χ4n) is 5.49. The Bertz CT molecular complexity index is 1440. The van der Waals surface area contributed by atoms with E-state index in [1.807, 2.05) is 79.0 Å². The average Bonchev–Trinajstić information content (AvgIpc) is 3.35. The molecule has 39 heavy (non-hydrogen) atoms. The number of carbonyl (C=O) groups is 2. The van der Waals surface area contributed by atoms with E-state index in [0.717, 1.165) is 73.2 Å². The second-order valence-electron chi connectivity index (χ2n) is 10.1. The number of likely N-dealkylation sites (tertiary alicyclic amines) is 1. The van der Waals surface area contributed by atoms with Crippen LogP contribution in [0.4, 0.5) is 0 Å². The summed E-state index contributed by atoms with van der Waals surface area (Å²) in [5.74, 6) is 0.996. The molecule has 2 heterocycles. The number of para-hydroxylation sites is 1. The molecule has 0 saturated carbocycles. The fraction of sp³-hybridized carbons (Fsp3) is 0.312. The molecular weight excluding hydrogens is 510 g/mol. The van der Waals surface area contributed by atoms with Crippen molar-refractivity contribution in [1.29, 1.82) is 0 Å². The zero-order valence-electron chi connectivity index (χ0n) is 22.2. The largest absolute Gasteiger partial charge is 0.495 e. The lowest BCUT2D eigenvalue weighted by molar-refractivity contribution is 0.0838. The molecule has 1 aliphatic heterocycles. The Morgan fingerprint density at radius 1 is 0.974 bits per heavy atom. The monoisotopic (exact) mass is 543 g/mol. The zero-order valence-corrected chi connectivity index (χ0v) is 23.0. The number of carbonyl (C=O) groups excluding carboxylic acids is 2. The van der Waals surface area contributed by atoms with Crippen molar-refractivity contribution in [1.82, 2.24) is 14.8 Å². The lowest BCUT2D eigenvalue weighted by Gasteiger charge is -2.31. The number of amides is 1. The summed E-state index contributed by atoms with van der Waals surface area (Å²) in [4.78, 5) is 28.5. The van der Waals surface area contributed by atoms with Crippen molar-refractivity contribution in [3.8, 4) is 5.75 Å². The number of rotatable bonds is 10. The first kappa shape index (κ1) is 27.0. The Kier molecular flexibility index (Phi) is 8.64. The summed E-state index contributed by atoms with van der Waals surface area (Å²) < 4.78 is 7.79. The lowest BCUT2D eigenvalue weighted by Crippen LogP contribution is -2.37. The summed E-state index contributed by atoms with van der Waals surface area (Å²) in [7, 11) is 1.66. The highest BCUT2D eigenvalue weighted by Crippen LogP contribution is 2.30. The van der Waals surface area contributed by atoms with Crippen LogP contribution in [0.3, 0.4) is 0 Å². The SMILES string of the molecule is COc1cccc2c(C(=O)NCc3cccc(Cl)c3)cn(CCCN3CCC(C(=O)c4ccccc4)CC3)c12. The lowest BCUT2D eigenvalue weighted by atomic mass is 9.89. The van der Waals surface area contributed by atoms with E-state index >= 15 is 0 Å². The first-order valence-electron chi connectivity index (χ1n) is 13.5. The molecule has 1 aliphatic rings. The number of aromatic nitrogens is 1. The quantitative estimate of drug-likeness (QED) is 0.241. The van der Waals surface area contributed by atoms with Gasteiger partial charge in [0.05, 0.1) is 18.2 Å². The Hall–Kier alpha value is -3.61. The predicted octanol–water partition coefficient (Wildman–Crippen LogP) is 6.22. The van der Waals surface area contributed by atoms with Crippen molar-refractivity contribution in [2.75, 3.05) is 26.7 Å². The van der Waals surface area contributed by atoms with Gasteiger partial charge in [-0.25, -0.2) is 0 Å². The number of piperidine rings is 1. The third kappa shape index (κ3) is 6.35. The molecule has 202 valence electrons. The number of Topliss-reactive ketones (excluding diaryl/α,β-unsaturated/α-hetero) is 1. The summed E-state index contributed by atoms with van der Waals surface area (Å²) in [5.41, 5.74) is 3.33. The summed E-state index contributed by atoms with van der Waals surface area (Å²) in [6, 6.07) is 22.9. The minimum absolute atomic E-state index is 0.106. The number of nitrogens with one attached hydrogen (secondary N) is 1. The van der Waals surface area contributed by atoms with E-state index in [4.69, 9.17) is 16.3 Å². The third-order valence-corrected chi connectivity index (χ3v) is 7.79. The minimum Gasteiger partial charge on any atom is -0.495 e. The standard InChI is InChI=1S/C32H34ClN3O3/c1-39-29-13-6-12-27-28(32(38)34-21-23-8-5-11-26(33)20-23)22-36(30(27)29)17-7-16-35-18-14-25(15-19-35)31(37)24-9-3-2-4-10-24/h2-6,8-13,20,22,25H,7,14-19,21H2,1H3,(H,34,38). The molecule has 1 N–H and O–H groups in total. The van der Waals surface area contributed by atoms with Gasteiger partial charge in [0.1, 0.15) is 5.75 Å². The molecule has 0 bridgehead atoms. The summed E-state index contributed by atoms with van der Waals surface area (Å²) >= 11 is 6.09. The topological polar surface area (TPSA) is 63.6 Å². The first-order valence-corrected chi connectivity index (χ1v) is 13.9. The van der Waals surface area contributed by atoms with E-state index in [0.29, 0.717) is 17.1 Å². The normalized spacial score (nSPS) is 14.4. The number of fused-ring (bicyclic) bond motifs is 1. The minimum atomic E-state index is -0.128. The molecule has 3 aromatic carbocycles. The maximum atomic E-state index is 13.2. The fourth-order valence-corrected chi connectivity index (χ4v) is 5.71. The number of ether oxygens (including phenoxy) is 1. The smallest absolute Gasteiger partial charge is 0.253 e. The number of ketones is 1. The van der Waals surface area contributed by atoms with E-state index in [1.54, 1.807) is 7.11 Å². The van der Waals surface area contributed by atoms with Crippen molar-refractivity contribution in [3.63, 3.8) is 0 Å². The van der Waals surface area contributed by atoms with E-state index in [-0.39, 0.29) is 17.6 Å². The number of hydrogen-bond acceptors (Lipinski definition) is 4. The van der Waals surface area contributed by atoms with Gasteiger partial charge in [-0.05, 0) is 62.7 Å². The maximum absolute atomic E-state index is 13.2. The molecule has 0 atom stereocenters. The van der Waals surface area contributed by atoms with Gasteiger partial charge in [-0.2, -0.15) is 0 Å². The molecular formula is C32H34ClN3O3. The van der Waals surface area contributed by atoms with Crippen LogP contribution in [0.2, 0.25) is 5.02 Å². The Morgan fingerprint density at radius 2 is 1.74 bits per heavy atom. The van der Waals surface area contributed by atoms with Crippen molar-refractivity contribution < 1.29 is 14.3 Å². The number of methoxy groups -OCH3 is 1. The van der Waals surface area contributed by atoms with Crippen molar-refractivity contribution >= 4 is 34.2 Å². The van der Waals surface area contributed by atoms with Crippen LogP contribution in [0.15, 0.2) is 79.0 Å². The van der Waals surface area contributed by atoms with Crippen LogP contribution in [0.25, 0.3) is 10.9 Å². The van der Waals surface area contributed by atoms with Gasteiger partial charge in [0.15, 0.2) is 5.78 Å². The molecule has 1 saturated heterocycles. The van der Waals surface area contributed by atoms with Crippen LogP contribution in [-0.4, -0.2) is 47.9 Å². The molecule has 5 rings (SSSR count). The van der Waals surface area contributed by atoms with Crippen molar-refractivity contribution in [3.05, 3.63) is 101 Å². The summed E-state index contributed by atoms with van der Waals surface area (Å²) in [6.07, 6.45) is 4.66. The number of hydrogen-bond donors (Lipinski definition) is 1. The highest BCUT2D eigenvalue weighted by atomic mass is 35.5. The van der Waals surface area contributed by atoms with E-state index in [2.05, 4.69) is 14.8 Å². The van der Waals surface area contributed by atoms with Crippen LogP contribution >= 0.6 is 11.6 Å². The van der Waals surface area contributed by atoms with Crippen molar-refractivity contribution in [2.45, 2.75) is 32.4 Å². The van der Waals surface area contributed by atoms with Gasteiger partial charge in [-0.3, -0.25) is 9.59 Å². The molecule has 1 amide bonds. The van der Waals surface area contributed by atoms with Gasteiger partial charge in [0, 0.05) is 41.2 Å². The second-order valence-corrected chi connectivity index (χ2v) is 10.5. The van der Waals surface area contributed by atoms with Gasteiger partial charge >= 0.3 is 0 Å². The maximum Gasteiger partial charge on any atom is 0.253 e. The molecule has 4 aromatic rings. The molecule has 0 unspecified atom stereocenters. The Labute approximate surface area is 234 Å².